The Hall–Kier alpha value is -0.950. The van der Waals surface area contributed by atoms with Gasteiger partial charge in [0.1, 0.15) is 24.7 Å². The lowest BCUT2D eigenvalue weighted by molar-refractivity contribution is 0.242. The number of carbonyl (C=O) groups is 1. The van der Waals surface area contributed by atoms with Gasteiger partial charge in [0, 0.05) is 18.3 Å². The first-order chi connectivity index (χ1) is 15.3. The Kier molecular flexibility index (Phi) is 12.2. The van der Waals surface area contributed by atoms with E-state index in [1.807, 2.05) is 24.3 Å². The monoisotopic (exact) mass is 882 g/mol. The van der Waals surface area contributed by atoms with Crippen molar-refractivity contribution >= 4 is 109 Å². The van der Waals surface area contributed by atoms with E-state index in [2.05, 4.69) is 125 Å². The van der Waals surface area contributed by atoms with Crippen molar-refractivity contribution in [1.29, 1.82) is 0 Å². The fourth-order valence-electron chi connectivity index (χ4n) is 2.29. The number of ether oxygens (including phenoxy) is 2. The zero-order valence-electron chi connectivity index (χ0n) is 16.6. The van der Waals surface area contributed by atoms with Crippen LogP contribution in [0.5, 0.6) is 11.5 Å². The normalized spacial score (nSPS) is 10.9. The van der Waals surface area contributed by atoms with Crippen LogP contribution in [0.4, 0.5) is 4.79 Å². The highest BCUT2D eigenvalue weighted by Crippen LogP contribution is 2.28. The molecule has 2 amide bonds. The summed E-state index contributed by atoms with van der Waals surface area (Å²) in [5.41, 5.74) is 6.26. The van der Waals surface area contributed by atoms with E-state index in [4.69, 9.17) is 9.47 Å². The second-order valence-corrected chi connectivity index (χ2v) is 10.7. The lowest BCUT2D eigenvalue weighted by Crippen LogP contribution is -2.28. The van der Waals surface area contributed by atoms with Gasteiger partial charge in [-0.15, -0.1) is 0 Å². The minimum Gasteiger partial charge on any atom is -0.488 e. The summed E-state index contributed by atoms with van der Waals surface area (Å²) in [4.78, 5) is 12.1. The summed E-state index contributed by atoms with van der Waals surface area (Å²) in [7, 11) is 0. The second-order valence-electron chi connectivity index (χ2n) is 5.88. The lowest BCUT2D eigenvalue weighted by Gasteiger charge is -2.10. The summed E-state index contributed by atoms with van der Waals surface area (Å²) in [6.45, 7) is 8.07. The van der Waals surface area contributed by atoms with Crippen molar-refractivity contribution in [1.82, 2.24) is 10.9 Å². The van der Waals surface area contributed by atoms with E-state index in [-0.39, 0.29) is 0 Å². The number of rotatable bonds is 10. The molecule has 0 heterocycles. The first kappa shape index (κ1) is 27.3. The van der Waals surface area contributed by atoms with Crippen molar-refractivity contribution in [3.8, 4) is 11.5 Å². The highest BCUT2D eigenvalue weighted by molar-refractivity contribution is 14.1. The van der Waals surface area contributed by atoms with E-state index >= 15 is 0 Å². The SMILES string of the molecule is C=CCOc1c(I)cc(I)cc1/C=N/NC(=O)N/N=C/c1cc(I)cc(I)c1OCC=C. The Morgan fingerprint density at radius 2 is 1.22 bits per heavy atom. The van der Waals surface area contributed by atoms with Crippen LogP contribution < -0.4 is 20.3 Å². The minimum absolute atomic E-state index is 0.371. The van der Waals surface area contributed by atoms with Gasteiger partial charge in [0.05, 0.1) is 19.6 Å². The summed E-state index contributed by atoms with van der Waals surface area (Å²) in [6, 6.07) is 7.22. The molecule has 32 heavy (non-hydrogen) atoms. The van der Waals surface area contributed by atoms with Crippen LogP contribution in [0.1, 0.15) is 11.1 Å². The van der Waals surface area contributed by atoms with E-state index in [9.17, 15) is 4.79 Å². The van der Waals surface area contributed by atoms with Crippen molar-refractivity contribution < 1.29 is 14.3 Å². The third-order valence-electron chi connectivity index (χ3n) is 3.50. The van der Waals surface area contributed by atoms with Crippen LogP contribution in [0, 0.1) is 14.3 Å². The predicted molar refractivity (Wildman–Crippen MR) is 162 cm³/mol. The Labute approximate surface area is 241 Å². The third kappa shape index (κ3) is 8.77. The Bertz CT molecular complexity index is 976. The molecule has 0 aromatic heterocycles. The van der Waals surface area contributed by atoms with Gasteiger partial charge >= 0.3 is 6.03 Å². The molecule has 11 heteroatoms. The van der Waals surface area contributed by atoms with Gasteiger partial charge in [-0.2, -0.15) is 10.2 Å². The molecule has 0 aliphatic rings. The van der Waals surface area contributed by atoms with E-state index < -0.39 is 6.03 Å². The summed E-state index contributed by atoms with van der Waals surface area (Å²) in [6.07, 6.45) is 6.38. The number of nitrogens with one attached hydrogen (secondary N) is 2. The standard InChI is InChI=1S/C21H18I4N4O3/c1-3-5-31-19-13(7-15(22)9-17(19)24)11-26-28-21(30)29-27-12-14-8-16(23)10-18(25)20(14)32-6-4-2/h3-4,7-12H,1-2,5-6H2,(H2,28,29,30)/b26-11+,27-12+. The summed E-state index contributed by atoms with van der Waals surface area (Å²) in [5, 5.41) is 7.99. The van der Waals surface area contributed by atoms with Gasteiger partial charge in [0.25, 0.3) is 0 Å². The average Bonchev–Trinajstić information content (AvgIpc) is 2.72. The van der Waals surface area contributed by atoms with Gasteiger partial charge in [-0.05, 0) is 115 Å². The molecule has 2 aromatic rings. The fourth-order valence-corrected chi connectivity index (χ4v) is 6.38. The number of amides is 2. The third-order valence-corrected chi connectivity index (χ3v) is 6.35. The molecule has 7 nitrogen and oxygen atoms in total. The quantitative estimate of drug-likeness (QED) is 0.135. The topological polar surface area (TPSA) is 84.3 Å². The molecule has 2 rings (SSSR count). The average molecular weight is 882 g/mol. The van der Waals surface area contributed by atoms with Crippen LogP contribution in [-0.4, -0.2) is 31.7 Å². The molecule has 0 saturated carbocycles. The molecule has 0 saturated heterocycles. The van der Waals surface area contributed by atoms with Crippen LogP contribution >= 0.6 is 90.4 Å². The molecule has 0 bridgehead atoms. The number of hydrogen-bond acceptors (Lipinski definition) is 5. The highest BCUT2D eigenvalue weighted by atomic mass is 127. The maximum atomic E-state index is 12.1. The molecule has 168 valence electrons. The number of benzene rings is 2. The number of hydrazone groups is 2. The molecule has 0 atom stereocenters. The van der Waals surface area contributed by atoms with Crippen LogP contribution in [0.15, 0.2) is 59.8 Å². The molecule has 0 fully saturated rings. The Balaban J connectivity index is 2.04. The van der Waals surface area contributed by atoms with Gasteiger partial charge in [0.15, 0.2) is 0 Å². The van der Waals surface area contributed by atoms with Gasteiger partial charge in [-0.25, -0.2) is 15.6 Å². The first-order valence-electron chi connectivity index (χ1n) is 8.93. The number of nitrogens with zero attached hydrogens (tertiary/aromatic N) is 2. The van der Waals surface area contributed by atoms with E-state index in [0.29, 0.717) is 24.7 Å². The Morgan fingerprint density at radius 3 is 1.59 bits per heavy atom. The largest absolute Gasteiger partial charge is 0.488 e. The van der Waals surface area contributed by atoms with Gasteiger partial charge in [0.2, 0.25) is 0 Å². The van der Waals surface area contributed by atoms with E-state index in [1.54, 1.807) is 12.2 Å². The van der Waals surface area contributed by atoms with E-state index in [0.717, 1.165) is 25.4 Å². The number of carbonyl (C=O) groups excluding carboxylic acids is 1. The van der Waals surface area contributed by atoms with Crippen LogP contribution in [0.3, 0.4) is 0 Å². The van der Waals surface area contributed by atoms with Crippen LogP contribution in [0.2, 0.25) is 0 Å². The summed E-state index contributed by atoms with van der Waals surface area (Å²) < 4.78 is 15.3. The molecule has 0 radical (unpaired) electrons. The number of halogens is 4. The van der Waals surface area contributed by atoms with Gasteiger partial charge in [-0.1, -0.05) is 25.3 Å². The zero-order valence-corrected chi connectivity index (χ0v) is 25.2. The minimum atomic E-state index is -0.583. The molecule has 2 aromatic carbocycles. The second kappa shape index (κ2) is 14.3. The van der Waals surface area contributed by atoms with Crippen molar-refractivity contribution in [3.05, 3.63) is 75.0 Å². The fraction of sp³-hybridized carbons (Fsp3) is 0.0952. The molecular weight excluding hydrogens is 864 g/mol. The number of urea groups is 1. The van der Waals surface area contributed by atoms with Crippen LogP contribution in [-0.2, 0) is 0 Å². The predicted octanol–water partition coefficient (Wildman–Crippen LogP) is 5.90. The highest BCUT2D eigenvalue weighted by Gasteiger charge is 2.10. The molecule has 0 aliphatic carbocycles. The van der Waals surface area contributed by atoms with Gasteiger partial charge < -0.3 is 9.47 Å². The van der Waals surface area contributed by atoms with Crippen LogP contribution in [0.25, 0.3) is 0 Å². The maximum Gasteiger partial charge on any atom is 0.355 e. The van der Waals surface area contributed by atoms with Crippen molar-refractivity contribution in [2.45, 2.75) is 0 Å². The number of hydrogen-bond donors (Lipinski definition) is 2. The lowest BCUT2D eigenvalue weighted by atomic mass is 10.2. The molecule has 2 N–H and O–H groups in total. The first-order valence-corrected chi connectivity index (χ1v) is 13.2. The van der Waals surface area contributed by atoms with Crippen molar-refractivity contribution in [2.75, 3.05) is 13.2 Å². The Morgan fingerprint density at radius 1 is 0.812 bits per heavy atom. The molecule has 0 aliphatic heterocycles. The van der Waals surface area contributed by atoms with Gasteiger partial charge in [-0.3, -0.25) is 0 Å². The summed E-state index contributed by atoms with van der Waals surface area (Å²) in [5.74, 6) is 1.35. The molecule has 0 unspecified atom stereocenters. The zero-order chi connectivity index (χ0) is 23.5. The van der Waals surface area contributed by atoms with Crippen molar-refractivity contribution in [3.63, 3.8) is 0 Å². The summed E-state index contributed by atoms with van der Waals surface area (Å²) >= 11 is 8.81. The maximum absolute atomic E-state index is 12.1. The van der Waals surface area contributed by atoms with E-state index in [1.165, 1.54) is 12.4 Å². The van der Waals surface area contributed by atoms with Crippen molar-refractivity contribution in [2.24, 2.45) is 10.2 Å². The molecule has 0 spiro atoms. The smallest absolute Gasteiger partial charge is 0.355 e. The molecular formula is C21H18I4N4O3.